The fourth-order valence-corrected chi connectivity index (χ4v) is 2.29. The van der Waals surface area contributed by atoms with Gasteiger partial charge in [-0.25, -0.2) is 0 Å². The molecule has 1 amide bonds. The van der Waals surface area contributed by atoms with Crippen LogP contribution in [0.15, 0.2) is 6.20 Å². The molecule has 0 saturated carbocycles. The van der Waals surface area contributed by atoms with Crippen molar-refractivity contribution >= 4 is 17.4 Å². The Bertz CT molecular complexity index is 425. The number of hydrogen-bond acceptors (Lipinski definition) is 4. The summed E-state index contributed by atoms with van der Waals surface area (Å²) in [6.45, 7) is 0.839. The topological polar surface area (TPSA) is 67.4 Å². The highest BCUT2D eigenvalue weighted by Gasteiger charge is 2.34. The van der Waals surface area contributed by atoms with Crippen LogP contribution in [-0.2, 0) is 11.8 Å². The Balaban J connectivity index is 2.26. The third-order valence-corrected chi connectivity index (χ3v) is 3.09. The Morgan fingerprint density at radius 1 is 1.59 bits per heavy atom. The third kappa shape index (κ3) is 2.07. The number of aromatic nitrogens is 2. The van der Waals surface area contributed by atoms with Crippen molar-refractivity contribution in [2.45, 2.75) is 18.9 Å². The van der Waals surface area contributed by atoms with Crippen LogP contribution in [0.1, 0.15) is 12.8 Å². The predicted molar refractivity (Wildman–Crippen MR) is 66.7 cm³/mol. The molecule has 0 spiro atoms. The molecule has 1 fully saturated rings. The molecule has 2 N–H and O–H groups in total. The summed E-state index contributed by atoms with van der Waals surface area (Å²) >= 11 is 0. The van der Waals surface area contributed by atoms with E-state index in [1.165, 1.54) is 0 Å². The largest absolute Gasteiger partial charge is 0.394 e. The lowest BCUT2D eigenvalue weighted by Crippen LogP contribution is -2.43. The molecule has 2 heterocycles. The van der Waals surface area contributed by atoms with E-state index in [0.717, 1.165) is 25.2 Å². The number of nitrogen functional groups attached to an aromatic ring is 1. The summed E-state index contributed by atoms with van der Waals surface area (Å²) in [6.07, 6.45) is 3.64. The Kier molecular flexibility index (Phi) is 2.95. The molecule has 1 aromatic heterocycles. The van der Waals surface area contributed by atoms with Crippen molar-refractivity contribution in [2.24, 2.45) is 7.05 Å². The number of amides is 1. The Hall–Kier alpha value is -1.72. The first kappa shape index (κ1) is 11.8. The van der Waals surface area contributed by atoms with Crippen LogP contribution in [0.2, 0.25) is 0 Å². The molecule has 17 heavy (non-hydrogen) atoms. The van der Waals surface area contributed by atoms with Gasteiger partial charge in [-0.2, -0.15) is 5.10 Å². The quantitative estimate of drug-likeness (QED) is 0.789. The molecule has 94 valence electrons. The molecule has 6 heteroatoms. The molecular weight excluding hydrogens is 218 g/mol. The molecule has 0 aliphatic carbocycles. The number of nitrogens with zero attached hydrogens (tertiary/aromatic N) is 4. The zero-order valence-electron chi connectivity index (χ0n) is 10.6. The van der Waals surface area contributed by atoms with Gasteiger partial charge in [0.25, 0.3) is 0 Å². The SMILES string of the molecule is CN(C)C(=O)C1CCCN1c1nn(C)cc1N. The van der Waals surface area contributed by atoms with E-state index in [9.17, 15) is 4.79 Å². The van der Waals surface area contributed by atoms with E-state index in [-0.39, 0.29) is 11.9 Å². The van der Waals surface area contributed by atoms with Gasteiger partial charge in [-0.05, 0) is 12.8 Å². The van der Waals surface area contributed by atoms with Gasteiger partial charge in [-0.15, -0.1) is 0 Å². The molecule has 1 atom stereocenters. The lowest BCUT2D eigenvalue weighted by Gasteiger charge is -2.26. The van der Waals surface area contributed by atoms with Crippen molar-refractivity contribution in [3.63, 3.8) is 0 Å². The number of rotatable bonds is 2. The van der Waals surface area contributed by atoms with Crippen LogP contribution >= 0.6 is 0 Å². The van der Waals surface area contributed by atoms with Crippen LogP contribution < -0.4 is 10.6 Å². The van der Waals surface area contributed by atoms with Crippen molar-refractivity contribution in [2.75, 3.05) is 31.3 Å². The van der Waals surface area contributed by atoms with E-state index >= 15 is 0 Å². The average Bonchev–Trinajstić information content (AvgIpc) is 2.83. The summed E-state index contributed by atoms with van der Waals surface area (Å²) in [5.74, 6) is 0.845. The molecule has 1 aliphatic rings. The van der Waals surface area contributed by atoms with E-state index < -0.39 is 0 Å². The Morgan fingerprint density at radius 3 is 2.82 bits per heavy atom. The minimum absolute atomic E-state index is 0.118. The molecule has 1 aromatic rings. The lowest BCUT2D eigenvalue weighted by atomic mass is 10.2. The fraction of sp³-hybridized carbons (Fsp3) is 0.636. The third-order valence-electron chi connectivity index (χ3n) is 3.09. The van der Waals surface area contributed by atoms with Gasteiger partial charge in [0.05, 0.1) is 5.69 Å². The number of aryl methyl sites for hydroxylation is 1. The van der Waals surface area contributed by atoms with Crippen LogP contribution in [-0.4, -0.2) is 47.3 Å². The molecule has 1 saturated heterocycles. The average molecular weight is 237 g/mol. The molecule has 0 aromatic carbocycles. The maximum absolute atomic E-state index is 12.1. The summed E-state index contributed by atoms with van der Waals surface area (Å²) in [6, 6.07) is -0.123. The first-order valence-corrected chi connectivity index (χ1v) is 5.77. The Morgan fingerprint density at radius 2 is 2.29 bits per heavy atom. The first-order valence-electron chi connectivity index (χ1n) is 5.77. The molecule has 0 radical (unpaired) electrons. The van der Waals surface area contributed by atoms with Gasteiger partial charge in [0.15, 0.2) is 5.82 Å². The first-order chi connectivity index (χ1) is 8.00. The van der Waals surface area contributed by atoms with Gasteiger partial charge in [0, 0.05) is 33.9 Å². The van der Waals surface area contributed by atoms with Crippen molar-refractivity contribution in [3.05, 3.63) is 6.20 Å². The zero-order chi connectivity index (χ0) is 12.6. The van der Waals surface area contributed by atoms with E-state index in [0.29, 0.717) is 5.69 Å². The van der Waals surface area contributed by atoms with E-state index in [4.69, 9.17) is 5.73 Å². The number of likely N-dealkylation sites (N-methyl/N-ethyl adjacent to an activating group) is 1. The number of nitrogens with two attached hydrogens (primary N) is 1. The fourth-order valence-electron chi connectivity index (χ4n) is 2.29. The van der Waals surface area contributed by atoms with Gasteiger partial charge in [-0.1, -0.05) is 0 Å². The summed E-state index contributed by atoms with van der Waals surface area (Å²) in [5.41, 5.74) is 6.54. The number of carbonyl (C=O) groups excluding carboxylic acids is 1. The molecule has 6 nitrogen and oxygen atoms in total. The summed E-state index contributed by atoms with van der Waals surface area (Å²) in [7, 11) is 5.39. The zero-order valence-corrected chi connectivity index (χ0v) is 10.6. The summed E-state index contributed by atoms with van der Waals surface area (Å²) in [4.78, 5) is 15.7. The van der Waals surface area contributed by atoms with Crippen LogP contribution in [0, 0.1) is 0 Å². The second kappa shape index (κ2) is 4.27. The second-order valence-corrected chi connectivity index (χ2v) is 4.67. The van der Waals surface area contributed by atoms with Gasteiger partial charge < -0.3 is 15.5 Å². The smallest absolute Gasteiger partial charge is 0.244 e. The van der Waals surface area contributed by atoms with Crippen molar-refractivity contribution < 1.29 is 4.79 Å². The van der Waals surface area contributed by atoms with E-state index in [1.54, 1.807) is 29.9 Å². The summed E-state index contributed by atoms with van der Waals surface area (Å²) < 4.78 is 1.68. The second-order valence-electron chi connectivity index (χ2n) is 4.67. The van der Waals surface area contributed by atoms with Gasteiger partial charge in [0.1, 0.15) is 6.04 Å². The van der Waals surface area contributed by atoms with E-state index in [1.807, 2.05) is 11.9 Å². The maximum atomic E-state index is 12.1. The Labute approximate surface area is 101 Å². The molecule has 0 bridgehead atoms. The number of anilines is 2. The van der Waals surface area contributed by atoms with Crippen molar-refractivity contribution in [1.29, 1.82) is 0 Å². The van der Waals surface area contributed by atoms with Crippen molar-refractivity contribution in [1.82, 2.24) is 14.7 Å². The normalized spacial score (nSPS) is 19.7. The van der Waals surface area contributed by atoms with Crippen LogP contribution in [0.3, 0.4) is 0 Å². The maximum Gasteiger partial charge on any atom is 0.244 e. The highest BCUT2D eigenvalue weighted by Crippen LogP contribution is 2.29. The van der Waals surface area contributed by atoms with Crippen LogP contribution in [0.4, 0.5) is 11.5 Å². The highest BCUT2D eigenvalue weighted by molar-refractivity contribution is 5.86. The molecular formula is C11H19N5O. The summed E-state index contributed by atoms with van der Waals surface area (Å²) in [5, 5.41) is 4.33. The van der Waals surface area contributed by atoms with Crippen LogP contribution in [0.25, 0.3) is 0 Å². The van der Waals surface area contributed by atoms with Crippen LogP contribution in [0.5, 0.6) is 0 Å². The molecule has 1 aliphatic heterocycles. The number of carbonyl (C=O) groups is 1. The minimum Gasteiger partial charge on any atom is -0.394 e. The van der Waals surface area contributed by atoms with Gasteiger partial charge >= 0.3 is 0 Å². The predicted octanol–water partition coefficient (Wildman–Crippen LogP) is 0.0593. The molecule has 1 unspecified atom stereocenters. The monoisotopic (exact) mass is 237 g/mol. The number of hydrogen-bond donors (Lipinski definition) is 1. The molecule has 2 rings (SSSR count). The standard InChI is InChI=1S/C11H19N5O/c1-14(2)11(17)9-5-4-6-16(9)10-8(12)7-15(3)13-10/h7,9H,4-6,12H2,1-3H3. The van der Waals surface area contributed by atoms with E-state index in [2.05, 4.69) is 5.10 Å². The van der Waals surface area contributed by atoms with Gasteiger partial charge in [0.2, 0.25) is 5.91 Å². The highest BCUT2D eigenvalue weighted by atomic mass is 16.2. The minimum atomic E-state index is -0.123. The van der Waals surface area contributed by atoms with Crippen molar-refractivity contribution in [3.8, 4) is 0 Å². The van der Waals surface area contributed by atoms with Gasteiger partial charge in [-0.3, -0.25) is 9.48 Å². The lowest BCUT2D eigenvalue weighted by molar-refractivity contribution is -0.129.